The van der Waals surface area contributed by atoms with Crippen molar-refractivity contribution < 1.29 is 45.0 Å². The number of carboxylic acid groups (broad SMARTS) is 2. The van der Waals surface area contributed by atoms with Crippen molar-refractivity contribution in [2.24, 2.45) is 0 Å². The molecule has 1 aliphatic rings. The molecule has 1 aliphatic heterocycles. The Labute approximate surface area is 119 Å². The number of hydrogen-bond acceptors (Lipinski definition) is 8. The van der Waals surface area contributed by atoms with E-state index in [0.717, 1.165) is 0 Å². The predicted molar refractivity (Wildman–Crippen MR) is 65.2 cm³/mol. The summed E-state index contributed by atoms with van der Waals surface area (Å²) in [5.74, 6) is -2.54. The van der Waals surface area contributed by atoms with Crippen LogP contribution in [0.2, 0.25) is 0 Å². The Bertz CT molecular complexity index is 375. The summed E-state index contributed by atoms with van der Waals surface area (Å²) in [6, 6.07) is -1.33. The summed E-state index contributed by atoms with van der Waals surface area (Å²) >= 11 is 0. The quantitative estimate of drug-likeness (QED) is 0.252. The van der Waals surface area contributed by atoms with Crippen LogP contribution < -0.4 is 5.32 Å². The highest BCUT2D eigenvalue weighted by atomic mass is 16.6. The second-order valence-corrected chi connectivity index (χ2v) is 4.74. The van der Waals surface area contributed by atoms with Gasteiger partial charge in [-0.1, -0.05) is 0 Å². The van der Waals surface area contributed by atoms with E-state index in [1.54, 1.807) is 0 Å². The maximum Gasteiger partial charge on any atom is 0.320 e. The first kappa shape index (κ1) is 17.8. The van der Waals surface area contributed by atoms with E-state index in [4.69, 9.17) is 20.1 Å². The largest absolute Gasteiger partial charge is 0.481 e. The van der Waals surface area contributed by atoms with Crippen LogP contribution in [0.1, 0.15) is 12.8 Å². The number of aliphatic hydroxyl groups is 4. The summed E-state index contributed by atoms with van der Waals surface area (Å²) in [7, 11) is 0. The lowest BCUT2D eigenvalue weighted by Gasteiger charge is -2.41. The fraction of sp³-hybridized carbons (Fsp3) is 0.818. The fourth-order valence-corrected chi connectivity index (χ4v) is 1.98. The molecular weight excluding hydrogens is 290 g/mol. The molecule has 0 saturated carbocycles. The van der Waals surface area contributed by atoms with Gasteiger partial charge in [-0.25, -0.2) is 0 Å². The molecule has 0 aromatic heterocycles. The van der Waals surface area contributed by atoms with Gasteiger partial charge in [-0.15, -0.1) is 0 Å². The molecule has 1 rings (SSSR count). The molecule has 0 aliphatic carbocycles. The van der Waals surface area contributed by atoms with Crippen molar-refractivity contribution in [1.29, 1.82) is 0 Å². The Morgan fingerprint density at radius 1 is 1.10 bits per heavy atom. The Kier molecular flexibility index (Phi) is 6.45. The molecule has 1 fully saturated rings. The van der Waals surface area contributed by atoms with Crippen LogP contribution in [0.4, 0.5) is 0 Å². The van der Waals surface area contributed by atoms with Crippen molar-refractivity contribution in [2.75, 3.05) is 6.61 Å². The highest BCUT2D eigenvalue weighted by Crippen LogP contribution is 2.20. The van der Waals surface area contributed by atoms with E-state index in [1.165, 1.54) is 0 Å². The lowest BCUT2D eigenvalue weighted by Crippen LogP contribution is -2.64. The van der Waals surface area contributed by atoms with Crippen LogP contribution in [0.15, 0.2) is 0 Å². The van der Waals surface area contributed by atoms with Crippen molar-refractivity contribution in [3.8, 4) is 0 Å². The van der Waals surface area contributed by atoms with Crippen molar-refractivity contribution in [3.05, 3.63) is 0 Å². The molecular formula is C11H19NO9. The van der Waals surface area contributed by atoms with Gasteiger partial charge in [0.05, 0.1) is 6.61 Å². The van der Waals surface area contributed by atoms with E-state index in [0.29, 0.717) is 0 Å². The van der Waals surface area contributed by atoms with Gasteiger partial charge in [0.15, 0.2) is 0 Å². The molecule has 10 nitrogen and oxygen atoms in total. The third-order valence-corrected chi connectivity index (χ3v) is 3.20. The van der Waals surface area contributed by atoms with E-state index in [2.05, 4.69) is 5.32 Å². The van der Waals surface area contributed by atoms with Gasteiger partial charge >= 0.3 is 11.9 Å². The van der Waals surface area contributed by atoms with Gasteiger partial charge in [-0.05, 0) is 6.42 Å². The van der Waals surface area contributed by atoms with Crippen molar-refractivity contribution in [3.63, 3.8) is 0 Å². The van der Waals surface area contributed by atoms with E-state index in [9.17, 15) is 24.9 Å². The number of rotatable bonds is 7. The molecule has 6 atom stereocenters. The number of carbonyl (C=O) groups is 2. The minimum absolute atomic E-state index is 0.264. The Morgan fingerprint density at radius 2 is 1.71 bits per heavy atom. The monoisotopic (exact) mass is 309 g/mol. The maximum absolute atomic E-state index is 11.0. The molecule has 122 valence electrons. The summed E-state index contributed by atoms with van der Waals surface area (Å²) in [4.78, 5) is 21.5. The second kappa shape index (κ2) is 7.64. The number of hydrogen-bond donors (Lipinski definition) is 7. The van der Waals surface area contributed by atoms with Crippen molar-refractivity contribution in [1.82, 2.24) is 5.32 Å². The first-order valence-electron chi connectivity index (χ1n) is 6.29. The smallest absolute Gasteiger partial charge is 0.320 e. The highest BCUT2D eigenvalue weighted by molar-refractivity contribution is 5.75. The third-order valence-electron chi connectivity index (χ3n) is 3.20. The van der Waals surface area contributed by atoms with Gasteiger partial charge in [0, 0.05) is 6.42 Å². The summed E-state index contributed by atoms with van der Waals surface area (Å²) in [6.45, 7) is -0.643. The molecule has 0 bridgehead atoms. The number of ether oxygens (including phenoxy) is 1. The fourth-order valence-electron chi connectivity index (χ4n) is 1.98. The Balaban J connectivity index is 2.72. The molecule has 0 unspecified atom stereocenters. The number of aliphatic hydroxyl groups excluding tert-OH is 4. The number of carboxylic acids is 2. The van der Waals surface area contributed by atoms with Crippen molar-refractivity contribution >= 4 is 11.9 Å². The summed E-state index contributed by atoms with van der Waals surface area (Å²) in [5.41, 5.74) is 0. The minimum atomic E-state index is -1.64. The van der Waals surface area contributed by atoms with Gasteiger partial charge in [-0.2, -0.15) is 0 Å². The average molecular weight is 309 g/mol. The molecule has 0 amide bonds. The third kappa shape index (κ3) is 4.59. The van der Waals surface area contributed by atoms with Crippen LogP contribution >= 0.6 is 0 Å². The van der Waals surface area contributed by atoms with E-state index in [-0.39, 0.29) is 6.42 Å². The molecule has 0 spiro atoms. The molecule has 10 heteroatoms. The first-order valence-corrected chi connectivity index (χ1v) is 6.29. The SMILES string of the molecule is O=C(O)CC[C@H](N[C@H]1O[C@H](CO)[C@@H](O)[C@H](O)[C@@H]1O)C(=O)O. The van der Waals surface area contributed by atoms with Crippen LogP contribution in [-0.2, 0) is 14.3 Å². The molecule has 21 heavy (non-hydrogen) atoms. The van der Waals surface area contributed by atoms with Crippen LogP contribution in [0.3, 0.4) is 0 Å². The molecule has 0 aromatic carbocycles. The topological polar surface area (TPSA) is 177 Å². The molecule has 0 radical (unpaired) electrons. The minimum Gasteiger partial charge on any atom is -0.481 e. The Hall–Kier alpha value is -1.30. The van der Waals surface area contributed by atoms with Gasteiger partial charge in [0.25, 0.3) is 0 Å². The van der Waals surface area contributed by atoms with E-state index < -0.39 is 61.7 Å². The Morgan fingerprint density at radius 3 is 2.19 bits per heavy atom. The highest BCUT2D eigenvalue weighted by Gasteiger charge is 2.44. The van der Waals surface area contributed by atoms with Gasteiger partial charge in [0.1, 0.15) is 36.7 Å². The summed E-state index contributed by atoms with van der Waals surface area (Å²) in [6.07, 6.45) is -8.03. The zero-order chi connectivity index (χ0) is 16.2. The maximum atomic E-state index is 11.0. The van der Waals surface area contributed by atoms with Crippen molar-refractivity contribution in [2.45, 2.75) is 49.5 Å². The molecule has 1 heterocycles. The predicted octanol–water partition coefficient (Wildman–Crippen LogP) is -3.31. The zero-order valence-electron chi connectivity index (χ0n) is 11.0. The van der Waals surface area contributed by atoms with Crippen LogP contribution in [0, 0.1) is 0 Å². The average Bonchev–Trinajstić information content (AvgIpc) is 2.42. The van der Waals surface area contributed by atoms with E-state index in [1.807, 2.05) is 0 Å². The van der Waals surface area contributed by atoms with Gasteiger partial charge in [-0.3, -0.25) is 14.9 Å². The van der Waals surface area contributed by atoms with Crippen LogP contribution in [0.25, 0.3) is 0 Å². The van der Waals surface area contributed by atoms with Crippen LogP contribution in [0.5, 0.6) is 0 Å². The standard InChI is InChI=1S/C11H19NO9/c13-3-5-7(16)8(17)9(18)10(21-5)12-4(11(19)20)1-2-6(14)15/h4-5,7-10,12-13,16-18H,1-3H2,(H,14,15)(H,19,20)/t4-,5+,7+,8-,9-,10-/m0/s1. The molecule has 0 aromatic rings. The molecule has 1 saturated heterocycles. The number of nitrogens with one attached hydrogen (secondary N) is 1. The summed E-state index contributed by atoms with van der Waals surface area (Å²) in [5, 5.41) is 57.8. The van der Waals surface area contributed by atoms with E-state index >= 15 is 0 Å². The van der Waals surface area contributed by atoms with Gasteiger partial charge in [0.2, 0.25) is 0 Å². The lowest BCUT2D eigenvalue weighted by atomic mass is 9.97. The molecule has 7 N–H and O–H groups in total. The second-order valence-electron chi connectivity index (χ2n) is 4.74. The first-order chi connectivity index (χ1) is 9.77. The van der Waals surface area contributed by atoms with Gasteiger partial charge < -0.3 is 35.4 Å². The normalized spacial score (nSPS) is 34.4. The summed E-state index contributed by atoms with van der Waals surface area (Å²) < 4.78 is 5.09. The number of aliphatic carboxylic acids is 2. The zero-order valence-corrected chi connectivity index (χ0v) is 11.0. The van der Waals surface area contributed by atoms with Crippen LogP contribution in [-0.4, -0.2) is 85.9 Å². The lowest BCUT2D eigenvalue weighted by molar-refractivity contribution is -0.238.